The molecular formula is C58H110O6. The predicted molar refractivity (Wildman–Crippen MR) is 275 cm³/mol. The molecule has 0 radical (unpaired) electrons. The summed E-state index contributed by atoms with van der Waals surface area (Å²) in [4.78, 5) is 38.0. The highest BCUT2D eigenvalue weighted by Gasteiger charge is 2.19. The van der Waals surface area contributed by atoms with Gasteiger partial charge in [0.15, 0.2) is 6.10 Å². The van der Waals surface area contributed by atoms with E-state index >= 15 is 0 Å². The molecule has 378 valence electrons. The summed E-state index contributed by atoms with van der Waals surface area (Å²) >= 11 is 0. The summed E-state index contributed by atoms with van der Waals surface area (Å²) in [7, 11) is 0. The standard InChI is InChI=1S/C58H110O6/c1-4-7-10-13-16-19-22-24-25-26-27-28-29-30-31-32-33-34-37-39-42-45-48-51-57(60)63-54-55(53-62-56(59)50-47-44-41-38-35-21-18-15-12-9-6-3)64-58(61)52-49-46-43-40-36-23-20-17-14-11-8-5-2/h17,20,55H,4-16,18-19,21-54H2,1-3H3/b20-17-. The van der Waals surface area contributed by atoms with Gasteiger partial charge in [-0.2, -0.15) is 0 Å². The number of hydrogen-bond acceptors (Lipinski definition) is 6. The van der Waals surface area contributed by atoms with Crippen molar-refractivity contribution in [3.05, 3.63) is 12.2 Å². The Hall–Kier alpha value is -1.85. The molecule has 0 heterocycles. The first kappa shape index (κ1) is 62.1. The lowest BCUT2D eigenvalue weighted by Gasteiger charge is -2.18. The van der Waals surface area contributed by atoms with Gasteiger partial charge in [-0.3, -0.25) is 14.4 Å². The molecule has 0 aliphatic carbocycles. The topological polar surface area (TPSA) is 78.9 Å². The summed E-state index contributed by atoms with van der Waals surface area (Å²) in [6.45, 7) is 6.65. The second-order valence-electron chi connectivity index (χ2n) is 19.6. The summed E-state index contributed by atoms with van der Waals surface area (Å²) < 4.78 is 16.8. The van der Waals surface area contributed by atoms with E-state index in [1.165, 1.54) is 218 Å². The Morgan fingerprint density at radius 3 is 0.812 bits per heavy atom. The van der Waals surface area contributed by atoms with Crippen LogP contribution in [0.3, 0.4) is 0 Å². The highest BCUT2D eigenvalue weighted by molar-refractivity contribution is 5.71. The fourth-order valence-corrected chi connectivity index (χ4v) is 8.68. The van der Waals surface area contributed by atoms with Crippen molar-refractivity contribution in [2.45, 2.75) is 329 Å². The zero-order valence-electron chi connectivity index (χ0n) is 43.3. The average Bonchev–Trinajstić information content (AvgIpc) is 3.29. The maximum Gasteiger partial charge on any atom is 0.306 e. The Balaban J connectivity index is 4.17. The van der Waals surface area contributed by atoms with Gasteiger partial charge >= 0.3 is 17.9 Å². The van der Waals surface area contributed by atoms with Crippen molar-refractivity contribution >= 4 is 17.9 Å². The van der Waals surface area contributed by atoms with E-state index in [0.717, 1.165) is 64.2 Å². The van der Waals surface area contributed by atoms with Gasteiger partial charge in [-0.1, -0.05) is 270 Å². The van der Waals surface area contributed by atoms with Crippen molar-refractivity contribution in [1.29, 1.82) is 0 Å². The Labute approximate surface area is 399 Å². The fraction of sp³-hybridized carbons (Fsp3) is 0.914. The number of rotatable bonds is 53. The lowest BCUT2D eigenvalue weighted by Crippen LogP contribution is -2.30. The number of carbonyl (C=O) groups excluding carboxylic acids is 3. The largest absolute Gasteiger partial charge is 0.462 e. The number of hydrogen-bond donors (Lipinski definition) is 0. The smallest absolute Gasteiger partial charge is 0.306 e. The summed E-state index contributed by atoms with van der Waals surface area (Å²) in [6.07, 6.45) is 60.7. The maximum atomic E-state index is 12.8. The van der Waals surface area contributed by atoms with Crippen molar-refractivity contribution in [1.82, 2.24) is 0 Å². The number of unbranched alkanes of at least 4 members (excludes halogenated alkanes) is 40. The summed E-state index contributed by atoms with van der Waals surface area (Å²) in [5, 5.41) is 0. The number of allylic oxidation sites excluding steroid dienone is 2. The monoisotopic (exact) mass is 903 g/mol. The van der Waals surface area contributed by atoms with E-state index in [-0.39, 0.29) is 31.1 Å². The molecule has 0 aromatic carbocycles. The van der Waals surface area contributed by atoms with Crippen LogP contribution in [0.25, 0.3) is 0 Å². The van der Waals surface area contributed by atoms with Crippen molar-refractivity contribution in [3.63, 3.8) is 0 Å². The minimum Gasteiger partial charge on any atom is -0.462 e. The molecule has 0 aliphatic rings. The van der Waals surface area contributed by atoms with Crippen LogP contribution in [0.4, 0.5) is 0 Å². The van der Waals surface area contributed by atoms with Gasteiger partial charge in [-0.15, -0.1) is 0 Å². The minimum atomic E-state index is -0.767. The Morgan fingerprint density at radius 2 is 0.516 bits per heavy atom. The SMILES string of the molecule is CCCCC/C=C\CCCCCCCC(=O)OC(COC(=O)CCCCCCCCCCCCC)COC(=O)CCCCCCCCCCCCCCCCCCCCCCCCC. The van der Waals surface area contributed by atoms with Crippen LogP contribution in [0.2, 0.25) is 0 Å². The molecule has 0 saturated heterocycles. The second kappa shape index (κ2) is 53.8. The van der Waals surface area contributed by atoms with E-state index in [9.17, 15) is 14.4 Å². The number of carbonyl (C=O) groups is 3. The maximum absolute atomic E-state index is 12.8. The molecule has 0 aromatic heterocycles. The van der Waals surface area contributed by atoms with Crippen LogP contribution in [-0.4, -0.2) is 37.2 Å². The van der Waals surface area contributed by atoms with Gasteiger partial charge in [0.05, 0.1) is 0 Å². The van der Waals surface area contributed by atoms with Crippen LogP contribution >= 0.6 is 0 Å². The lowest BCUT2D eigenvalue weighted by atomic mass is 10.0. The first-order chi connectivity index (χ1) is 31.5. The van der Waals surface area contributed by atoms with Crippen LogP contribution in [0.5, 0.6) is 0 Å². The Morgan fingerprint density at radius 1 is 0.297 bits per heavy atom. The van der Waals surface area contributed by atoms with Crippen LogP contribution < -0.4 is 0 Å². The van der Waals surface area contributed by atoms with Gasteiger partial charge in [-0.05, 0) is 44.9 Å². The van der Waals surface area contributed by atoms with E-state index in [1.54, 1.807) is 0 Å². The first-order valence-corrected chi connectivity index (χ1v) is 28.7. The van der Waals surface area contributed by atoms with E-state index in [2.05, 4.69) is 32.9 Å². The lowest BCUT2D eigenvalue weighted by molar-refractivity contribution is -0.167. The van der Waals surface area contributed by atoms with Crippen LogP contribution in [0.15, 0.2) is 12.2 Å². The molecule has 64 heavy (non-hydrogen) atoms. The van der Waals surface area contributed by atoms with Gasteiger partial charge in [0.25, 0.3) is 0 Å². The summed E-state index contributed by atoms with van der Waals surface area (Å²) in [5.41, 5.74) is 0. The van der Waals surface area contributed by atoms with Crippen molar-refractivity contribution in [2.24, 2.45) is 0 Å². The van der Waals surface area contributed by atoms with E-state index in [1.807, 2.05) is 0 Å². The predicted octanol–water partition coefficient (Wildman–Crippen LogP) is 18.9. The molecule has 0 aliphatic heterocycles. The molecule has 0 bridgehead atoms. The van der Waals surface area contributed by atoms with Gasteiger partial charge in [0.1, 0.15) is 13.2 Å². The Bertz CT molecular complexity index is 993. The van der Waals surface area contributed by atoms with E-state index in [0.29, 0.717) is 19.3 Å². The zero-order valence-corrected chi connectivity index (χ0v) is 43.3. The van der Waals surface area contributed by atoms with Crippen molar-refractivity contribution < 1.29 is 28.6 Å². The molecule has 1 atom stereocenters. The molecule has 0 N–H and O–H groups in total. The zero-order chi connectivity index (χ0) is 46.5. The number of esters is 3. The third-order valence-electron chi connectivity index (χ3n) is 13.0. The summed E-state index contributed by atoms with van der Waals surface area (Å²) in [6, 6.07) is 0. The molecule has 6 nitrogen and oxygen atoms in total. The molecular weight excluding hydrogens is 793 g/mol. The van der Waals surface area contributed by atoms with E-state index in [4.69, 9.17) is 14.2 Å². The Kier molecular flexibility index (Phi) is 52.2. The second-order valence-corrected chi connectivity index (χ2v) is 19.6. The van der Waals surface area contributed by atoms with Gasteiger partial charge in [0, 0.05) is 19.3 Å². The van der Waals surface area contributed by atoms with Gasteiger partial charge in [-0.25, -0.2) is 0 Å². The third-order valence-corrected chi connectivity index (χ3v) is 13.0. The van der Waals surface area contributed by atoms with Gasteiger partial charge in [0.2, 0.25) is 0 Å². The molecule has 0 rings (SSSR count). The highest BCUT2D eigenvalue weighted by Crippen LogP contribution is 2.17. The minimum absolute atomic E-state index is 0.0678. The average molecular weight is 904 g/mol. The molecule has 0 saturated carbocycles. The third kappa shape index (κ3) is 51.1. The quantitative estimate of drug-likeness (QED) is 0.0262. The summed E-state index contributed by atoms with van der Waals surface area (Å²) in [5.74, 6) is -0.857. The molecule has 0 spiro atoms. The van der Waals surface area contributed by atoms with Crippen molar-refractivity contribution in [3.8, 4) is 0 Å². The highest BCUT2D eigenvalue weighted by atomic mass is 16.6. The molecule has 0 fully saturated rings. The first-order valence-electron chi connectivity index (χ1n) is 28.7. The molecule has 6 heteroatoms. The van der Waals surface area contributed by atoms with Crippen LogP contribution in [0, 0.1) is 0 Å². The van der Waals surface area contributed by atoms with E-state index < -0.39 is 6.10 Å². The van der Waals surface area contributed by atoms with Crippen LogP contribution in [-0.2, 0) is 28.6 Å². The normalized spacial score (nSPS) is 12.0. The van der Waals surface area contributed by atoms with Gasteiger partial charge < -0.3 is 14.2 Å². The fourth-order valence-electron chi connectivity index (χ4n) is 8.68. The molecule has 0 aromatic rings. The van der Waals surface area contributed by atoms with Crippen molar-refractivity contribution in [2.75, 3.05) is 13.2 Å². The number of ether oxygens (including phenoxy) is 3. The van der Waals surface area contributed by atoms with Crippen LogP contribution in [0.1, 0.15) is 323 Å². The molecule has 1 unspecified atom stereocenters. The molecule has 0 amide bonds.